The van der Waals surface area contributed by atoms with E-state index in [0.29, 0.717) is 0 Å². The van der Waals surface area contributed by atoms with Crippen molar-refractivity contribution < 1.29 is 57.7 Å². The third-order valence-electron chi connectivity index (χ3n) is 15.0. The minimum absolute atomic E-state index is 0.0237. The number of amides is 5. The molecule has 8 N–H and O–H groups in total. The molecule has 0 aliphatic carbocycles. The number of rotatable bonds is 33. The number of alkyl carbamates (subject to hydrolysis) is 1. The second-order valence-corrected chi connectivity index (χ2v) is 24.6. The number of hydrogen-bond acceptors (Lipinski definition) is 14. The van der Waals surface area contributed by atoms with Crippen LogP contribution in [0.3, 0.4) is 0 Å². The highest BCUT2D eigenvalue weighted by atomic mass is 32.2. The first-order chi connectivity index (χ1) is 46.0. The van der Waals surface area contributed by atoms with Gasteiger partial charge in [-0.2, -0.15) is 0 Å². The second-order valence-electron chi connectivity index (χ2n) is 22.1. The third-order valence-corrected chi connectivity index (χ3v) is 18.3. The number of ketones is 2. The molecule has 0 aromatic heterocycles. The maximum atomic E-state index is 13.7. The van der Waals surface area contributed by atoms with Crippen LogP contribution in [0.15, 0.2) is 243 Å². The fourth-order valence-corrected chi connectivity index (χ4v) is 13.3. The monoisotopic (exact) mass is 1320 g/mol. The van der Waals surface area contributed by atoms with E-state index in [1.165, 1.54) is 37.4 Å². The molecule has 8 aromatic carbocycles. The molecule has 0 heterocycles. The van der Waals surface area contributed by atoms with Gasteiger partial charge in [-0.05, 0) is 71.2 Å². The molecule has 4 atom stereocenters. The molecule has 95 heavy (non-hydrogen) atoms. The van der Waals surface area contributed by atoms with Crippen LogP contribution >= 0.6 is 23.5 Å². The van der Waals surface area contributed by atoms with E-state index in [-0.39, 0.29) is 75.1 Å². The molecule has 0 aliphatic rings. The number of carboxylic acid groups (broad SMARTS) is 1. The average Bonchev–Trinajstić information content (AvgIpc) is 0.768. The lowest BCUT2D eigenvalue weighted by Gasteiger charge is -2.36. The van der Waals surface area contributed by atoms with Crippen LogP contribution in [0.2, 0.25) is 0 Å². The molecule has 492 valence electrons. The number of benzene rings is 8. The van der Waals surface area contributed by atoms with Crippen LogP contribution < -0.4 is 32.3 Å². The Bertz CT molecular complexity index is 3560. The van der Waals surface area contributed by atoms with Crippen LogP contribution in [0.5, 0.6) is 0 Å². The van der Waals surface area contributed by atoms with Gasteiger partial charge in [-0.1, -0.05) is 243 Å². The lowest BCUT2D eigenvalue weighted by molar-refractivity contribution is -0.147. The smallest absolute Gasteiger partial charge is 0.408 e. The Balaban J connectivity index is 0.000000287. The zero-order valence-corrected chi connectivity index (χ0v) is 54.4. The topological polar surface area (TPSA) is 278 Å². The first-order valence-corrected chi connectivity index (χ1v) is 32.9. The van der Waals surface area contributed by atoms with Crippen LogP contribution in [0.25, 0.3) is 0 Å². The summed E-state index contributed by atoms with van der Waals surface area (Å²) in [4.78, 5) is 114. The van der Waals surface area contributed by atoms with Crippen LogP contribution in [-0.4, -0.2) is 107 Å². The molecule has 18 nitrogen and oxygen atoms in total. The van der Waals surface area contributed by atoms with Crippen molar-refractivity contribution in [1.82, 2.24) is 26.6 Å². The van der Waals surface area contributed by atoms with Crippen LogP contribution in [0.4, 0.5) is 4.79 Å². The summed E-state index contributed by atoms with van der Waals surface area (Å²) in [5, 5.41) is 22.4. The molecular weight excluding hydrogens is 1240 g/mol. The van der Waals surface area contributed by atoms with Crippen LogP contribution in [0.1, 0.15) is 84.0 Å². The predicted octanol–water partition coefficient (Wildman–Crippen LogP) is 9.81. The van der Waals surface area contributed by atoms with Gasteiger partial charge in [0.25, 0.3) is 0 Å². The number of nitrogens with one attached hydrogen (secondary N) is 5. The van der Waals surface area contributed by atoms with Crippen molar-refractivity contribution in [3.8, 4) is 0 Å². The molecule has 0 bridgehead atoms. The van der Waals surface area contributed by atoms with Crippen LogP contribution in [-0.2, 0) is 70.5 Å². The number of esters is 1. The number of nitrogens with two attached hydrogens (primary N) is 1. The molecule has 0 fully saturated rings. The van der Waals surface area contributed by atoms with E-state index in [4.69, 9.17) is 20.3 Å². The molecule has 0 saturated heterocycles. The quantitative estimate of drug-likeness (QED) is 0.0149. The maximum Gasteiger partial charge on any atom is 0.408 e. The molecule has 8 rings (SSSR count). The number of carbonyl (C=O) groups is 9. The SMILES string of the molecule is CC(=O)CNC(=O)[C@H](CSC(c1ccccc1)(c1ccccc1)c1ccccc1)NC(=O)CC[C@@H](NC(=O)OCc1ccccc1)C(=O)OCc1ccccc1.CC(=O)CNC(=O)[C@H](CSC(c1ccccc1)(c1ccccc1)c1ccccc1)NC(=O)CC[C@H](N)C(=O)O. The highest BCUT2D eigenvalue weighted by Gasteiger charge is 2.41. The first-order valence-electron chi connectivity index (χ1n) is 30.9. The minimum Gasteiger partial charge on any atom is -0.480 e. The van der Waals surface area contributed by atoms with Gasteiger partial charge in [0.1, 0.15) is 48.9 Å². The Morgan fingerprint density at radius 3 is 1.01 bits per heavy atom. The Kier molecular flexibility index (Phi) is 28.5. The summed E-state index contributed by atoms with van der Waals surface area (Å²) < 4.78 is 9.36. The maximum absolute atomic E-state index is 13.7. The molecular formula is C75H78N6O12S2. The standard InChI is InChI=1S/C45H45N3O7S.C30H33N3O5S/c1-33(49)29-46-42(51)40(32-56-45(36-21-11-4-12-22-36,37-23-13-5-14-24-37)38-25-15-6-16-26-38)47-41(50)28-27-39(43(52)54-30-34-17-7-2-8-18-34)48-44(53)55-31-35-19-9-3-10-20-35;1-21(34)19-32-28(36)26(33-27(35)18-17-25(31)29(37)38)20-39-30(22-11-5-2-6-12-22,23-13-7-3-8-14-23)24-15-9-4-10-16-24/h2-26,39-40H,27-32H2,1H3,(H,46,51)(H,47,50)(H,48,53);2-16,25-26H,17-20,31H2,1H3,(H,32,36)(H,33,35)(H,37,38)/t39-,40+;25-,26-/m10/s1. The highest BCUT2D eigenvalue weighted by molar-refractivity contribution is 8.01. The predicted molar refractivity (Wildman–Crippen MR) is 368 cm³/mol. The van der Waals surface area contributed by atoms with Gasteiger partial charge in [-0.15, -0.1) is 23.5 Å². The van der Waals surface area contributed by atoms with Gasteiger partial charge in [0.2, 0.25) is 23.6 Å². The highest BCUT2D eigenvalue weighted by Crippen LogP contribution is 2.50. The van der Waals surface area contributed by atoms with Gasteiger partial charge in [-0.3, -0.25) is 33.6 Å². The van der Waals surface area contributed by atoms with E-state index in [9.17, 15) is 43.2 Å². The van der Waals surface area contributed by atoms with E-state index in [2.05, 4.69) is 26.6 Å². The van der Waals surface area contributed by atoms with E-state index < -0.39 is 75.3 Å². The summed E-state index contributed by atoms with van der Waals surface area (Å²) in [6, 6.07) is 73.2. The fraction of sp³-hybridized carbons (Fsp3) is 0.240. The van der Waals surface area contributed by atoms with Crippen molar-refractivity contribution in [3.63, 3.8) is 0 Å². The second kappa shape index (κ2) is 37.5. The molecule has 0 spiro atoms. The van der Waals surface area contributed by atoms with Gasteiger partial charge >= 0.3 is 18.0 Å². The summed E-state index contributed by atoms with van der Waals surface area (Å²) in [5.41, 5.74) is 12.9. The molecule has 5 amide bonds. The number of carboxylic acids is 1. The Morgan fingerprint density at radius 2 is 0.705 bits per heavy atom. The van der Waals surface area contributed by atoms with Gasteiger partial charge < -0.3 is 46.9 Å². The van der Waals surface area contributed by atoms with Crippen molar-refractivity contribution in [3.05, 3.63) is 287 Å². The summed E-state index contributed by atoms with van der Waals surface area (Å²) in [6.45, 7) is 2.29. The lowest BCUT2D eigenvalue weighted by Crippen LogP contribution is -2.50. The van der Waals surface area contributed by atoms with E-state index in [0.717, 1.165) is 44.5 Å². The van der Waals surface area contributed by atoms with E-state index in [1.54, 1.807) is 24.3 Å². The normalized spacial score (nSPS) is 12.3. The van der Waals surface area contributed by atoms with Crippen molar-refractivity contribution in [1.29, 1.82) is 0 Å². The number of aliphatic carboxylic acids is 1. The van der Waals surface area contributed by atoms with E-state index in [1.807, 2.05) is 218 Å². The lowest BCUT2D eigenvalue weighted by atomic mass is 9.84. The van der Waals surface area contributed by atoms with Crippen LogP contribution in [0, 0.1) is 0 Å². The van der Waals surface area contributed by atoms with Crippen molar-refractivity contribution in [2.45, 2.75) is 86.4 Å². The van der Waals surface area contributed by atoms with Gasteiger partial charge in [0.15, 0.2) is 0 Å². The van der Waals surface area contributed by atoms with Crippen molar-refractivity contribution >= 4 is 76.8 Å². The molecule has 0 aliphatic heterocycles. The number of ether oxygens (including phenoxy) is 2. The molecule has 20 heteroatoms. The summed E-state index contributed by atoms with van der Waals surface area (Å²) in [7, 11) is 0. The zero-order valence-electron chi connectivity index (χ0n) is 52.8. The Hall–Kier alpha value is -10.2. The van der Waals surface area contributed by atoms with E-state index >= 15 is 0 Å². The molecule has 0 saturated carbocycles. The molecule has 0 radical (unpaired) electrons. The minimum atomic E-state index is -1.23. The third kappa shape index (κ3) is 22.0. The van der Waals surface area contributed by atoms with Crippen molar-refractivity contribution in [2.24, 2.45) is 5.73 Å². The average molecular weight is 1320 g/mol. The number of thioether (sulfide) groups is 2. The fourth-order valence-electron chi connectivity index (χ4n) is 10.2. The molecule has 0 unspecified atom stereocenters. The summed E-state index contributed by atoms with van der Waals surface area (Å²) in [5.74, 6) is -4.22. The van der Waals surface area contributed by atoms with Gasteiger partial charge in [0.05, 0.1) is 22.6 Å². The first kappa shape index (κ1) is 72.3. The molecule has 8 aromatic rings. The zero-order chi connectivity index (χ0) is 67.8. The van der Waals surface area contributed by atoms with Crippen molar-refractivity contribution in [2.75, 3.05) is 24.6 Å². The Labute approximate surface area is 562 Å². The summed E-state index contributed by atoms with van der Waals surface area (Å²) in [6.07, 6.45) is -1.47. The largest absolute Gasteiger partial charge is 0.480 e. The number of carbonyl (C=O) groups excluding carboxylic acids is 8. The van der Waals surface area contributed by atoms with Gasteiger partial charge in [-0.25, -0.2) is 9.59 Å². The number of Topliss-reactive ketones (excluding diaryl/α,β-unsaturated/α-hetero) is 2. The summed E-state index contributed by atoms with van der Waals surface area (Å²) >= 11 is 2.97. The van der Waals surface area contributed by atoms with Gasteiger partial charge in [0, 0.05) is 24.3 Å². The number of hydrogen-bond donors (Lipinski definition) is 7. The Morgan fingerprint density at radius 1 is 0.411 bits per heavy atom.